The molecule has 0 fully saturated rings. The number of aromatic nitrogens is 2. The molecule has 0 saturated heterocycles. The Morgan fingerprint density at radius 1 is 1.19 bits per heavy atom. The van der Waals surface area contributed by atoms with Crippen molar-refractivity contribution in [2.24, 2.45) is 0 Å². The predicted molar refractivity (Wildman–Crippen MR) is 101 cm³/mol. The highest BCUT2D eigenvalue weighted by Crippen LogP contribution is 2.22. The maximum atomic E-state index is 12.4. The summed E-state index contributed by atoms with van der Waals surface area (Å²) in [6, 6.07) is 19.5. The van der Waals surface area contributed by atoms with Crippen LogP contribution < -0.4 is 5.32 Å². The van der Waals surface area contributed by atoms with Gasteiger partial charge in [0.05, 0.1) is 11.9 Å². The summed E-state index contributed by atoms with van der Waals surface area (Å²) < 4.78 is 0. The van der Waals surface area contributed by atoms with Gasteiger partial charge in [0.1, 0.15) is 11.6 Å². The monoisotopic (exact) mass is 342 g/mol. The zero-order chi connectivity index (χ0) is 18.4. The van der Waals surface area contributed by atoms with Crippen LogP contribution in [0.3, 0.4) is 0 Å². The number of benzene rings is 2. The van der Waals surface area contributed by atoms with Gasteiger partial charge in [0.25, 0.3) is 5.91 Å². The van der Waals surface area contributed by atoms with Gasteiger partial charge in [-0.25, -0.2) is 0 Å². The van der Waals surface area contributed by atoms with E-state index in [1.807, 2.05) is 67.6 Å². The molecule has 1 aromatic heterocycles. The number of nitrogens with zero attached hydrogens (tertiary/aromatic N) is 2. The molecule has 2 aromatic carbocycles. The Hall–Kier alpha value is -3.65. The number of rotatable bonds is 5. The van der Waals surface area contributed by atoms with E-state index >= 15 is 0 Å². The lowest BCUT2D eigenvalue weighted by atomic mass is 10.1. The van der Waals surface area contributed by atoms with Gasteiger partial charge in [0.15, 0.2) is 0 Å². The number of aromatic amines is 1. The summed E-state index contributed by atoms with van der Waals surface area (Å²) in [4.78, 5) is 12.4. The second-order valence-corrected chi connectivity index (χ2v) is 5.90. The van der Waals surface area contributed by atoms with Crippen molar-refractivity contribution >= 4 is 12.0 Å². The van der Waals surface area contributed by atoms with Gasteiger partial charge in [0.2, 0.25) is 0 Å². The molecular formula is C21H18N4O. The third kappa shape index (κ3) is 4.05. The zero-order valence-corrected chi connectivity index (χ0v) is 14.4. The molecule has 0 spiro atoms. The number of hydrogen-bond acceptors (Lipinski definition) is 3. The van der Waals surface area contributed by atoms with Gasteiger partial charge in [-0.2, -0.15) is 10.4 Å². The second-order valence-electron chi connectivity index (χ2n) is 5.90. The van der Waals surface area contributed by atoms with Crippen molar-refractivity contribution in [2.45, 2.75) is 13.5 Å². The largest absolute Gasteiger partial charge is 0.347 e. The average Bonchev–Trinajstić information content (AvgIpc) is 3.14. The highest BCUT2D eigenvalue weighted by atomic mass is 16.1. The quantitative estimate of drug-likeness (QED) is 0.549. The van der Waals surface area contributed by atoms with Crippen LogP contribution in [0.2, 0.25) is 0 Å². The van der Waals surface area contributed by atoms with E-state index < -0.39 is 5.91 Å². The van der Waals surface area contributed by atoms with E-state index in [4.69, 9.17) is 0 Å². The van der Waals surface area contributed by atoms with Crippen molar-refractivity contribution in [3.05, 3.63) is 83.1 Å². The number of carbonyl (C=O) groups excluding carboxylic acids is 1. The summed E-state index contributed by atoms with van der Waals surface area (Å²) in [6.45, 7) is 2.38. The summed E-state index contributed by atoms with van der Waals surface area (Å²) in [5, 5.41) is 19.1. The minimum absolute atomic E-state index is 0.0377. The molecule has 3 aromatic rings. The van der Waals surface area contributed by atoms with Crippen LogP contribution in [0.1, 0.15) is 16.7 Å². The molecule has 0 unspecified atom stereocenters. The Morgan fingerprint density at radius 3 is 2.62 bits per heavy atom. The van der Waals surface area contributed by atoms with Gasteiger partial charge in [-0.05, 0) is 18.6 Å². The molecule has 128 valence electrons. The highest BCUT2D eigenvalue weighted by Gasteiger charge is 2.12. The van der Waals surface area contributed by atoms with Crippen molar-refractivity contribution in [1.82, 2.24) is 15.5 Å². The smallest absolute Gasteiger partial charge is 0.262 e. The van der Waals surface area contributed by atoms with Gasteiger partial charge in [-0.15, -0.1) is 0 Å². The fourth-order valence-corrected chi connectivity index (χ4v) is 2.53. The number of H-pyrrole nitrogens is 1. The van der Waals surface area contributed by atoms with Crippen molar-refractivity contribution in [3.8, 4) is 17.3 Å². The lowest BCUT2D eigenvalue weighted by Crippen LogP contribution is -2.23. The molecule has 3 rings (SSSR count). The first kappa shape index (κ1) is 17.2. The Labute approximate surface area is 152 Å². The van der Waals surface area contributed by atoms with Crippen LogP contribution in [0.4, 0.5) is 0 Å². The Bertz CT molecular complexity index is 963. The number of nitrogens with one attached hydrogen (secondary N) is 2. The maximum absolute atomic E-state index is 12.4. The van der Waals surface area contributed by atoms with Gasteiger partial charge in [0, 0.05) is 17.7 Å². The molecule has 0 saturated carbocycles. The average molecular weight is 342 g/mol. The SMILES string of the molecule is Cc1ccc(CNC(=O)/C(C#N)=C/c2cn[nH]c2-c2ccccc2)cc1. The standard InChI is InChI=1S/C21H18N4O/c1-15-7-9-16(10-8-15)13-23-21(26)18(12-22)11-19-14-24-25-20(19)17-5-3-2-4-6-17/h2-11,14H,13H2,1H3,(H,23,26)(H,24,25)/b18-11+. The lowest BCUT2D eigenvalue weighted by molar-refractivity contribution is -0.117. The van der Waals surface area contributed by atoms with Gasteiger partial charge in [-0.1, -0.05) is 60.2 Å². The molecule has 0 aliphatic heterocycles. The molecule has 0 aliphatic carbocycles. The first-order valence-corrected chi connectivity index (χ1v) is 8.21. The summed E-state index contributed by atoms with van der Waals surface area (Å²) >= 11 is 0. The van der Waals surface area contributed by atoms with Crippen molar-refractivity contribution in [1.29, 1.82) is 5.26 Å². The molecule has 0 bridgehead atoms. The summed E-state index contributed by atoms with van der Waals surface area (Å²) in [6.07, 6.45) is 3.16. The van der Waals surface area contributed by atoms with E-state index in [1.54, 1.807) is 12.3 Å². The summed E-state index contributed by atoms with van der Waals surface area (Å²) in [5.41, 5.74) is 4.58. The Morgan fingerprint density at radius 2 is 1.92 bits per heavy atom. The van der Waals surface area contributed by atoms with Crippen LogP contribution in [0, 0.1) is 18.3 Å². The van der Waals surface area contributed by atoms with Crippen molar-refractivity contribution in [3.63, 3.8) is 0 Å². The van der Waals surface area contributed by atoms with Crippen molar-refractivity contribution < 1.29 is 4.79 Å². The first-order chi connectivity index (χ1) is 12.7. The van der Waals surface area contributed by atoms with E-state index in [0.29, 0.717) is 12.1 Å². The molecule has 1 heterocycles. The second kappa shape index (κ2) is 7.95. The van der Waals surface area contributed by atoms with E-state index in [0.717, 1.165) is 22.4 Å². The highest BCUT2D eigenvalue weighted by molar-refractivity contribution is 6.02. The lowest BCUT2D eigenvalue weighted by Gasteiger charge is -2.05. The van der Waals surface area contributed by atoms with E-state index in [-0.39, 0.29) is 5.57 Å². The molecule has 26 heavy (non-hydrogen) atoms. The Kier molecular flexibility index (Phi) is 5.25. The van der Waals surface area contributed by atoms with E-state index in [9.17, 15) is 10.1 Å². The minimum atomic E-state index is -0.409. The molecule has 0 aliphatic rings. The summed E-state index contributed by atoms with van der Waals surface area (Å²) in [7, 11) is 0. The molecule has 5 nitrogen and oxygen atoms in total. The van der Waals surface area contributed by atoms with Crippen LogP contribution in [0.5, 0.6) is 0 Å². The molecule has 1 amide bonds. The fourth-order valence-electron chi connectivity index (χ4n) is 2.53. The number of nitriles is 1. The predicted octanol–water partition coefficient (Wildman–Crippen LogP) is 3.61. The maximum Gasteiger partial charge on any atom is 0.262 e. The number of aryl methyl sites for hydroxylation is 1. The Balaban J connectivity index is 1.76. The third-order valence-corrected chi connectivity index (χ3v) is 3.97. The molecular weight excluding hydrogens is 324 g/mol. The van der Waals surface area contributed by atoms with Crippen molar-refractivity contribution in [2.75, 3.05) is 0 Å². The molecule has 0 atom stereocenters. The van der Waals surface area contributed by atoms with Crippen LogP contribution in [0.25, 0.3) is 17.3 Å². The fraction of sp³-hybridized carbons (Fsp3) is 0.0952. The third-order valence-electron chi connectivity index (χ3n) is 3.97. The van der Waals surface area contributed by atoms with Gasteiger partial charge in [-0.3, -0.25) is 9.89 Å². The zero-order valence-electron chi connectivity index (χ0n) is 14.4. The van der Waals surface area contributed by atoms with Crippen LogP contribution >= 0.6 is 0 Å². The van der Waals surface area contributed by atoms with E-state index in [2.05, 4.69) is 15.5 Å². The van der Waals surface area contributed by atoms with Crippen LogP contribution in [-0.4, -0.2) is 16.1 Å². The normalized spacial score (nSPS) is 11.0. The number of amides is 1. The van der Waals surface area contributed by atoms with Crippen LogP contribution in [-0.2, 0) is 11.3 Å². The van der Waals surface area contributed by atoms with Crippen LogP contribution in [0.15, 0.2) is 66.4 Å². The van der Waals surface area contributed by atoms with E-state index in [1.165, 1.54) is 0 Å². The molecule has 5 heteroatoms. The first-order valence-electron chi connectivity index (χ1n) is 8.21. The van der Waals surface area contributed by atoms with Gasteiger partial charge >= 0.3 is 0 Å². The number of hydrogen-bond donors (Lipinski definition) is 2. The number of carbonyl (C=O) groups is 1. The van der Waals surface area contributed by atoms with Gasteiger partial charge < -0.3 is 5.32 Å². The summed E-state index contributed by atoms with van der Waals surface area (Å²) in [5.74, 6) is -0.409. The minimum Gasteiger partial charge on any atom is -0.347 e. The topological polar surface area (TPSA) is 81.6 Å². The molecule has 0 radical (unpaired) electrons. The molecule has 2 N–H and O–H groups in total.